The molecule has 1 N–H and O–H groups in total. The molecule has 0 aliphatic rings. The highest BCUT2D eigenvalue weighted by atomic mass is 35.5. The van der Waals surface area contributed by atoms with Crippen LogP contribution in [-0.2, 0) is 0 Å². The molecule has 0 fully saturated rings. The molecule has 0 radical (unpaired) electrons. The number of anilines is 1. The molecule has 0 aliphatic heterocycles. The number of methoxy groups -OCH3 is 1. The number of para-hydroxylation sites is 2. The molecule has 4 aromatic rings. The van der Waals surface area contributed by atoms with E-state index in [-0.39, 0.29) is 10.9 Å². The molecule has 160 valence electrons. The summed E-state index contributed by atoms with van der Waals surface area (Å²) in [5.41, 5.74) is 2.23. The van der Waals surface area contributed by atoms with Crippen LogP contribution in [0.25, 0.3) is 11.3 Å². The first-order valence-corrected chi connectivity index (χ1v) is 9.91. The third-order valence-corrected chi connectivity index (χ3v) is 4.84. The molecule has 1 heterocycles. The normalized spacial score (nSPS) is 10.5. The van der Waals surface area contributed by atoms with Crippen LogP contribution in [0.5, 0.6) is 17.4 Å². The number of nitrogens with zero attached hydrogens (tertiary/aromatic N) is 2. The Bertz CT molecular complexity index is 1270. The molecule has 0 aliphatic carbocycles. The van der Waals surface area contributed by atoms with Crippen LogP contribution < -0.4 is 14.8 Å². The number of carbonyl (C=O) groups excluding carboxylic acids is 1. The minimum absolute atomic E-state index is 0.0620. The summed E-state index contributed by atoms with van der Waals surface area (Å²) in [4.78, 5) is 20.9. The Morgan fingerprint density at radius 3 is 2.44 bits per heavy atom. The molecule has 0 unspecified atom stereocenters. The zero-order chi connectivity index (χ0) is 22.5. The molecule has 4 rings (SSSR count). The van der Waals surface area contributed by atoms with Crippen molar-refractivity contribution in [3.8, 4) is 28.6 Å². The predicted octanol–water partition coefficient (Wildman–Crippen LogP) is 5.99. The smallest absolute Gasteiger partial charge is 0.255 e. The summed E-state index contributed by atoms with van der Waals surface area (Å²) in [5, 5.41) is 2.62. The van der Waals surface area contributed by atoms with Gasteiger partial charge >= 0.3 is 0 Å². The van der Waals surface area contributed by atoms with E-state index in [1.807, 2.05) is 12.1 Å². The number of aromatic nitrogens is 2. The number of rotatable bonds is 6. The molecule has 3 aromatic carbocycles. The van der Waals surface area contributed by atoms with Gasteiger partial charge in [0.15, 0.2) is 11.5 Å². The highest BCUT2D eigenvalue weighted by Gasteiger charge is 2.11. The number of hydrogen-bond acceptors (Lipinski definition) is 5. The van der Waals surface area contributed by atoms with E-state index in [1.165, 1.54) is 24.5 Å². The van der Waals surface area contributed by atoms with Gasteiger partial charge in [-0.05, 0) is 42.5 Å². The molecular weight excluding hydrogens is 433 g/mol. The van der Waals surface area contributed by atoms with E-state index in [0.717, 1.165) is 5.56 Å². The van der Waals surface area contributed by atoms with Crippen LogP contribution in [0, 0.1) is 5.82 Å². The standard InChI is InChI=1S/C24H17ClFN3O3/c1-31-21-4-2-3-5-22(21)32-23-13-20(27-14-28-23)15-6-8-16(9-7-15)24(30)29-17-10-11-19(26)18(25)12-17/h2-14H,1H3,(H,29,30). The van der Waals surface area contributed by atoms with Gasteiger partial charge in [0.05, 0.1) is 17.8 Å². The van der Waals surface area contributed by atoms with E-state index in [2.05, 4.69) is 15.3 Å². The van der Waals surface area contributed by atoms with Gasteiger partial charge in [-0.1, -0.05) is 35.9 Å². The number of amides is 1. The van der Waals surface area contributed by atoms with Crippen LogP contribution in [-0.4, -0.2) is 23.0 Å². The Morgan fingerprint density at radius 2 is 1.72 bits per heavy atom. The molecule has 6 nitrogen and oxygen atoms in total. The van der Waals surface area contributed by atoms with Crippen molar-refractivity contribution < 1.29 is 18.7 Å². The first-order chi connectivity index (χ1) is 15.5. The lowest BCUT2D eigenvalue weighted by Gasteiger charge is -2.10. The lowest BCUT2D eigenvalue weighted by Crippen LogP contribution is -2.11. The van der Waals surface area contributed by atoms with Crippen molar-refractivity contribution in [2.75, 3.05) is 12.4 Å². The zero-order valence-electron chi connectivity index (χ0n) is 16.9. The summed E-state index contributed by atoms with van der Waals surface area (Å²) >= 11 is 5.76. The fraction of sp³-hybridized carbons (Fsp3) is 0.0417. The largest absolute Gasteiger partial charge is 0.493 e. The number of carbonyl (C=O) groups is 1. The minimum atomic E-state index is -0.548. The maximum absolute atomic E-state index is 13.3. The van der Waals surface area contributed by atoms with Crippen LogP contribution in [0.1, 0.15) is 10.4 Å². The summed E-state index contributed by atoms with van der Waals surface area (Å²) < 4.78 is 24.4. The molecule has 32 heavy (non-hydrogen) atoms. The van der Waals surface area contributed by atoms with Gasteiger partial charge in [0, 0.05) is 22.9 Å². The minimum Gasteiger partial charge on any atom is -0.493 e. The number of benzene rings is 3. The molecule has 0 bridgehead atoms. The fourth-order valence-electron chi connectivity index (χ4n) is 2.94. The Morgan fingerprint density at radius 1 is 0.969 bits per heavy atom. The van der Waals surface area contributed by atoms with E-state index in [1.54, 1.807) is 49.6 Å². The van der Waals surface area contributed by atoms with Crippen LogP contribution in [0.2, 0.25) is 5.02 Å². The third-order valence-electron chi connectivity index (χ3n) is 4.55. The Kier molecular flexibility index (Phi) is 6.28. The van der Waals surface area contributed by atoms with Crippen molar-refractivity contribution in [3.05, 3.63) is 95.5 Å². The fourth-order valence-corrected chi connectivity index (χ4v) is 3.12. The maximum atomic E-state index is 13.3. The molecule has 1 aromatic heterocycles. The summed E-state index contributed by atoms with van der Waals surface area (Å²) in [6, 6.07) is 19.8. The van der Waals surface area contributed by atoms with Crippen LogP contribution in [0.15, 0.2) is 79.1 Å². The molecule has 1 amide bonds. The lowest BCUT2D eigenvalue weighted by molar-refractivity contribution is 0.102. The molecule has 0 saturated heterocycles. The second kappa shape index (κ2) is 9.45. The second-order valence-corrected chi connectivity index (χ2v) is 7.06. The summed E-state index contributed by atoms with van der Waals surface area (Å²) in [5.74, 6) is 0.586. The predicted molar refractivity (Wildman–Crippen MR) is 120 cm³/mol. The molecular formula is C24H17ClFN3O3. The second-order valence-electron chi connectivity index (χ2n) is 6.65. The SMILES string of the molecule is COc1ccccc1Oc1cc(-c2ccc(C(=O)Nc3ccc(F)c(Cl)c3)cc2)ncn1. The van der Waals surface area contributed by atoms with Crippen molar-refractivity contribution >= 4 is 23.2 Å². The molecule has 0 spiro atoms. The summed E-state index contributed by atoms with van der Waals surface area (Å²) in [6.45, 7) is 0. The van der Waals surface area contributed by atoms with Gasteiger partial charge in [0.1, 0.15) is 12.1 Å². The first kappa shape index (κ1) is 21.3. The van der Waals surface area contributed by atoms with Gasteiger partial charge in [0.25, 0.3) is 5.91 Å². The Hall–Kier alpha value is -3.97. The van der Waals surface area contributed by atoms with Crippen LogP contribution in [0.3, 0.4) is 0 Å². The van der Waals surface area contributed by atoms with E-state index in [4.69, 9.17) is 21.1 Å². The summed E-state index contributed by atoms with van der Waals surface area (Å²) in [7, 11) is 1.57. The van der Waals surface area contributed by atoms with E-state index in [0.29, 0.717) is 34.3 Å². The van der Waals surface area contributed by atoms with Gasteiger partial charge in [0.2, 0.25) is 5.88 Å². The molecule has 0 saturated carbocycles. The Labute approximate surface area is 188 Å². The van der Waals surface area contributed by atoms with Gasteiger partial charge in [-0.25, -0.2) is 14.4 Å². The average molecular weight is 450 g/mol. The van der Waals surface area contributed by atoms with Gasteiger partial charge in [-0.15, -0.1) is 0 Å². The quantitative estimate of drug-likeness (QED) is 0.391. The maximum Gasteiger partial charge on any atom is 0.255 e. The van der Waals surface area contributed by atoms with Crippen molar-refractivity contribution in [1.29, 1.82) is 0 Å². The van der Waals surface area contributed by atoms with Crippen LogP contribution >= 0.6 is 11.6 Å². The van der Waals surface area contributed by atoms with E-state index in [9.17, 15) is 9.18 Å². The number of hydrogen-bond donors (Lipinski definition) is 1. The Balaban J connectivity index is 1.49. The first-order valence-electron chi connectivity index (χ1n) is 9.53. The topological polar surface area (TPSA) is 73.3 Å². The highest BCUT2D eigenvalue weighted by molar-refractivity contribution is 6.31. The van der Waals surface area contributed by atoms with Gasteiger partial charge in [-0.2, -0.15) is 0 Å². The highest BCUT2D eigenvalue weighted by Crippen LogP contribution is 2.31. The molecule has 8 heteroatoms. The average Bonchev–Trinajstić information content (AvgIpc) is 2.82. The van der Waals surface area contributed by atoms with E-state index < -0.39 is 5.82 Å². The van der Waals surface area contributed by atoms with Gasteiger partial charge < -0.3 is 14.8 Å². The number of halogens is 2. The van der Waals surface area contributed by atoms with Crippen molar-refractivity contribution in [3.63, 3.8) is 0 Å². The van der Waals surface area contributed by atoms with Crippen molar-refractivity contribution in [2.24, 2.45) is 0 Å². The monoisotopic (exact) mass is 449 g/mol. The third kappa shape index (κ3) is 4.84. The number of ether oxygens (including phenoxy) is 2. The lowest BCUT2D eigenvalue weighted by atomic mass is 10.1. The number of nitrogens with one attached hydrogen (secondary N) is 1. The van der Waals surface area contributed by atoms with Crippen molar-refractivity contribution in [1.82, 2.24) is 9.97 Å². The molecule has 0 atom stereocenters. The van der Waals surface area contributed by atoms with Gasteiger partial charge in [-0.3, -0.25) is 4.79 Å². The summed E-state index contributed by atoms with van der Waals surface area (Å²) in [6.07, 6.45) is 1.40. The van der Waals surface area contributed by atoms with Crippen LogP contribution in [0.4, 0.5) is 10.1 Å². The zero-order valence-corrected chi connectivity index (χ0v) is 17.6. The van der Waals surface area contributed by atoms with E-state index >= 15 is 0 Å². The van der Waals surface area contributed by atoms with Crippen molar-refractivity contribution in [2.45, 2.75) is 0 Å².